The van der Waals surface area contributed by atoms with Crippen molar-refractivity contribution in [2.75, 3.05) is 25.5 Å². The summed E-state index contributed by atoms with van der Waals surface area (Å²) < 4.78 is 0. The van der Waals surface area contributed by atoms with E-state index in [0.717, 1.165) is 10.8 Å². The second-order valence-corrected chi connectivity index (χ2v) is 7.48. The van der Waals surface area contributed by atoms with Crippen molar-refractivity contribution in [1.29, 1.82) is 0 Å². The van der Waals surface area contributed by atoms with Crippen LogP contribution >= 0.6 is 11.6 Å². The Morgan fingerprint density at radius 3 is 2.80 bits per heavy atom. The number of anilines is 1. The average Bonchev–Trinajstić information content (AvgIpc) is 2.75. The molecule has 1 aliphatic rings. The number of hydrogen-bond donors (Lipinski definition) is 2. The Balaban J connectivity index is 1.69. The standard InChI is InChI=1S/C22H19ClN4O3/c1-24-20(28)12-27-11-18(17-8-14(23)6-7-16(17)22(27)30)21(29)26-19-10-25-9-13-4-2-3-5-15(13)19/h2-10,18H,11-12H2,1H3,(H,24,28)(H,26,29)/t18-/m0/s1. The molecule has 0 saturated heterocycles. The van der Waals surface area contributed by atoms with Crippen molar-refractivity contribution in [1.82, 2.24) is 15.2 Å². The molecular weight excluding hydrogens is 404 g/mol. The van der Waals surface area contributed by atoms with Crippen molar-refractivity contribution in [3.63, 3.8) is 0 Å². The normalized spacial score (nSPS) is 15.6. The molecule has 8 heteroatoms. The number of aromatic nitrogens is 1. The van der Waals surface area contributed by atoms with Crippen molar-refractivity contribution in [2.45, 2.75) is 5.92 Å². The summed E-state index contributed by atoms with van der Waals surface area (Å²) in [5.74, 6) is -1.59. The molecular formula is C22H19ClN4O3. The predicted octanol–water partition coefficient (Wildman–Crippen LogP) is 2.81. The summed E-state index contributed by atoms with van der Waals surface area (Å²) in [4.78, 5) is 43.6. The summed E-state index contributed by atoms with van der Waals surface area (Å²) >= 11 is 6.15. The fourth-order valence-electron chi connectivity index (χ4n) is 3.64. The van der Waals surface area contributed by atoms with E-state index in [1.165, 1.54) is 11.9 Å². The van der Waals surface area contributed by atoms with Crippen LogP contribution in [0.3, 0.4) is 0 Å². The number of hydrogen-bond acceptors (Lipinski definition) is 4. The van der Waals surface area contributed by atoms with E-state index in [0.29, 0.717) is 21.8 Å². The van der Waals surface area contributed by atoms with Gasteiger partial charge in [0.25, 0.3) is 5.91 Å². The Hall–Kier alpha value is -3.45. The van der Waals surface area contributed by atoms with Gasteiger partial charge >= 0.3 is 0 Å². The number of nitrogens with zero attached hydrogens (tertiary/aromatic N) is 2. The smallest absolute Gasteiger partial charge is 0.254 e. The fraction of sp³-hybridized carbons (Fsp3) is 0.182. The van der Waals surface area contributed by atoms with Gasteiger partial charge in [-0.2, -0.15) is 0 Å². The third kappa shape index (κ3) is 3.71. The highest BCUT2D eigenvalue weighted by atomic mass is 35.5. The van der Waals surface area contributed by atoms with Crippen LogP contribution in [0.1, 0.15) is 21.8 Å². The van der Waals surface area contributed by atoms with Crippen LogP contribution in [0.25, 0.3) is 10.8 Å². The summed E-state index contributed by atoms with van der Waals surface area (Å²) in [5.41, 5.74) is 1.49. The van der Waals surface area contributed by atoms with Crippen molar-refractivity contribution in [2.24, 2.45) is 0 Å². The van der Waals surface area contributed by atoms with E-state index in [9.17, 15) is 14.4 Å². The van der Waals surface area contributed by atoms with Gasteiger partial charge in [0.1, 0.15) is 0 Å². The number of carbonyl (C=O) groups excluding carboxylic acids is 3. The molecule has 0 saturated carbocycles. The molecule has 1 aromatic heterocycles. The number of carbonyl (C=O) groups is 3. The molecule has 1 aliphatic heterocycles. The van der Waals surface area contributed by atoms with Gasteiger partial charge in [0.05, 0.1) is 24.3 Å². The van der Waals surface area contributed by atoms with Gasteiger partial charge in [-0.05, 0) is 23.8 Å². The Labute approximate surface area is 178 Å². The van der Waals surface area contributed by atoms with Crippen LogP contribution in [0.15, 0.2) is 54.9 Å². The summed E-state index contributed by atoms with van der Waals surface area (Å²) in [5, 5.41) is 7.64. The van der Waals surface area contributed by atoms with Crippen LogP contribution in [-0.4, -0.2) is 47.7 Å². The van der Waals surface area contributed by atoms with Crippen LogP contribution in [0.4, 0.5) is 5.69 Å². The Morgan fingerprint density at radius 1 is 1.20 bits per heavy atom. The van der Waals surface area contributed by atoms with Crippen molar-refractivity contribution >= 4 is 45.8 Å². The lowest BCUT2D eigenvalue weighted by molar-refractivity contribution is -0.122. The van der Waals surface area contributed by atoms with E-state index in [-0.39, 0.29) is 30.8 Å². The number of nitrogens with one attached hydrogen (secondary N) is 2. The molecule has 2 N–H and O–H groups in total. The van der Waals surface area contributed by atoms with Gasteiger partial charge in [-0.3, -0.25) is 19.4 Å². The monoisotopic (exact) mass is 422 g/mol. The fourth-order valence-corrected chi connectivity index (χ4v) is 3.82. The maximum absolute atomic E-state index is 13.3. The molecule has 0 spiro atoms. The summed E-state index contributed by atoms with van der Waals surface area (Å²) in [6, 6.07) is 12.4. The predicted molar refractivity (Wildman–Crippen MR) is 115 cm³/mol. The highest BCUT2D eigenvalue weighted by Crippen LogP contribution is 2.32. The van der Waals surface area contributed by atoms with Crippen molar-refractivity contribution in [3.05, 3.63) is 71.0 Å². The zero-order chi connectivity index (χ0) is 21.3. The number of pyridine rings is 1. The molecule has 0 aliphatic carbocycles. The van der Waals surface area contributed by atoms with Crippen LogP contribution in [0.5, 0.6) is 0 Å². The van der Waals surface area contributed by atoms with Crippen molar-refractivity contribution < 1.29 is 14.4 Å². The van der Waals surface area contributed by atoms with E-state index in [1.807, 2.05) is 24.3 Å². The molecule has 1 atom stereocenters. The number of amides is 3. The first kappa shape index (κ1) is 19.8. The highest BCUT2D eigenvalue weighted by molar-refractivity contribution is 6.30. The maximum Gasteiger partial charge on any atom is 0.254 e. The second kappa shape index (κ2) is 8.12. The third-order valence-electron chi connectivity index (χ3n) is 5.17. The van der Waals surface area contributed by atoms with Crippen LogP contribution in [0, 0.1) is 0 Å². The molecule has 2 heterocycles. The van der Waals surface area contributed by atoms with Gasteiger partial charge in [0, 0.05) is 41.1 Å². The minimum Gasteiger partial charge on any atom is -0.358 e. The zero-order valence-electron chi connectivity index (χ0n) is 16.2. The quantitative estimate of drug-likeness (QED) is 0.676. The van der Waals surface area contributed by atoms with Crippen LogP contribution in [0.2, 0.25) is 5.02 Å². The third-order valence-corrected chi connectivity index (χ3v) is 5.40. The summed E-state index contributed by atoms with van der Waals surface area (Å²) in [6.45, 7) is -0.0549. The van der Waals surface area contributed by atoms with E-state index >= 15 is 0 Å². The molecule has 4 rings (SSSR count). The molecule has 7 nitrogen and oxygen atoms in total. The van der Waals surface area contributed by atoms with Gasteiger partial charge in [-0.1, -0.05) is 35.9 Å². The molecule has 152 valence electrons. The Morgan fingerprint density at radius 2 is 2.00 bits per heavy atom. The van der Waals surface area contributed by atoms with Gasteiger partial charge in [0.15, 0.2) is 0 Å². The number of rotatable bonds is 4. The van der Waals surface area contributed by atoms with E-state index in [1.54, 1.807) is 30.6 Å². The minimum absolute atomic E-state index is 0.0730. The topological polar surface area (TPSA) is 91.4 Å². The summed E-state index contributed by atoms with van der Waals surface area (Å²) in [7, 11) is 1.50. The molecule has 3 amide bonds. The zero-order valence-corrected chi connectivity index (χ0v) is 16.9. The lowest BCUT2D eigenvalue weighted by atomic mass is 9.88. The number of likely N-dealkylation sites (N-methyl/N-ethyl adjacent to an activating group) is 1. The van der Waals surface area contributed by atoms with Gasteiger partial charge < -0.3 is 15.5 Å². The summed E-state index contributed by atoms with van der Waals surface area (Å²) in [6.07, 6.45) is 3.32. The molecule has 3 aromatic rings. The van der Waals surface area contributed by atoms with E-state index in [4.69, 9.17) is 11.6 Å². The Kier molecular flexibility index (Phi) is 5.37. The molecule has 0 radical (unpaired) electrons. The van der Waals surface area contributed by atoms with Crippen LogP contribution < -0.4 is 10.6 Å². The maximum atomic E-state index is 13.3. The SMILES string of the molecule is CNC(=O)CN1C[C@H](C(=O)Nc2cncc3ccccc23)c2cc(Cl)ccc2C1=O. The first-order valence-corrected chi connectivity index (χ1v) is 9.78. The van der Waals surface area contributed by atoms with Gasteiger partial charge in [0.2, 0.25) is 11.8 Å². The molecule has 30 heavy (non-hydrogen) atoms. The molecule has 0 unspecified atom stereocenters. The van der Waals surface area contributed by atoms with Gasteiger partial charge in [-0.25, -0.2) is 0 Å². The Bertz CT molecular complexity index is 1160. The number of fused-ring (bicyclic) bond motifs is 2. The lowest BCUT2D eigenvalue weighted by Gasteiger charge is -2.33. The van der Waals surface area contributed by atoms with E-state index in [2.05, 4.69) is 15.6 Å². The van der Waals surface area contributed by atoms with Gasteiger partial charge in [-0.15, -0.1) is 0 Å². The second-order valence-electron chi connectivity index (χ2n) is 7.04. The minimum atomic E-state index is -0.681. The van der Waals surface area contributed by atoms with Crippen molar-refractivity contribution in [3.8, 4) is 0 Å². The molecule has 2 aromatic carbocycles. The largest absolute Gasteiger partial charge is 0.358 e. The molecule has 0 fully saturated rings. The average molecular weight is 423 g/mol. The van der Waals surface area contributed by atoms with Crippen LogP contribution in [-0.2, 0) is 9.59 Å². The molecule has 0 bridgehead atoms. The number of benzene rings is 2. The first-order chi connectivity index (χ1) is 14.5. The van der Waals surface area contributed by atoms with E-state index < -0.39 is 5.92 Å². The number of halogens is 1. The highest BCUT2D eigenvalue weighted by Gasteiger charge is 2.36. The lowest BCUT2D eigenvalue weighted by Crippen LogP contribution is -2.47. The first-order valence-electron chi connectivity index (χ1n) is 9.41.